The molecule has 1 fully saturated rings. The smallest absolute Gasteiger partial charge is 0.0634 e. The Balaban J connectivity index is 2.19. The van der Waals surface area contributed by atoms with Crippen molar-refractivity contribution in [3.05, 3.63) is 0 Å². The molecule has 0 saturated carbocycles. The van der Waals surface area contributed by atoms with Crippen LogP contribution in [-0.4, -0.2) is 42.6 Å². The van der Waals surface area contributed by atoms with Crippen molar-refractivity contribution in [3.8, 4) is 0 Å². The van der Waals surface area contributed by atoms with Gasteiger partial charge >= 0.3 is 0 Å². The van der Waals surface area contributed by atoms with Crippen molar-refractivity contribution < 1.29 is 4.74 Å². The highest BCUT2D eigenvalue weighted by Gasteiger charge is 2.24. The summed E-state index contributed by atoms with van der Waals surface area (Å²) in [7, 11) is 1.80. The number of hydrogen-bond donors (Lipinski definition) is 0. The van der Waals surface area contributed by atoms with Crippen LogP contribution in [0.2, 0.25) is 0 Å². The molecule has 0 spiro atoms. The number of nitrogens with zero attached hydrogens (tertiary/aromatic N) is 1. The molecule has 90 valence electrons. The van der Waals surface area contributed by atoms with Gasteiger partial charge in [-0.15, -0.1) is 0 Å². The maximum atomic E-state index is 5.44. The molecule has 15 heavy (non-hydrogen) atoms. The third-order valence-electron chi connectivity index (χ3n) is 3.47. The average molecular weight is 278 g/mol. The van der Waals surface area contributed by atoms with Gasteiger partial charge in [-0.3, -0.25) is 0 Å². The standard InChI is InChI=1S/C12H24BrNO/c1-12(2,15-3)6-9-14-8-5-11(10-14)4-7-13/h11H,4-10H2,1-3H3. The van der Waals surface area contributed by atoms with E-state index in [1.165, 1.54) is 32.5 Å². The quantitative estimate of drug-likeness (QED) is 0.693. The fraction of sp³-hybridized carbons (Fsp3) is 1.00. The first-order chi connectivity index (χ1) is 7.07. The van der Waals surface area contributed by atoms with Gasteiger partial charge in [0.25, 0.3) is 0 Å². The van der Waals surface area contributed by atoms with E-state index in [2.05, 4.69) is 34.7 Å². The van der Waals surface area contributed by atoms with E-state index < -0.39 is 0 Å². The van der Waals surface area contributed by atoms with Crippen molar-refractivity contribution >= 4 is 15.9 Å². The fourth-order valence-electron chi connectivity index (χ4n) is 2.04. The number of rotatable bonds is 6. The van der Waals surface area contributed by atoms with Crippen molar-refractivity contribution in [2.75, 3.05) is 32.1 Å². The summed E-state index contributed by atoms with van der Waals surface area (Å²) in [5.74, 6) is 0.912. The molecular formula is C12H24BrNO. The first-order valence-electron chi connectivity index (χ1n) is 5.91. The van der Waals surface area contributed by atoms with Crippen LogP contribution < -0.4 is 0 Å². The molecule has 2 nitrogen and oxygen atoms in total. The Morgan fingerprint density at radius 3 is 2.80 bits per heavy atom. The summed E-state index contributed by atoms with van der Waals surface area (Å²) in [6.45, 7) is 8.07. The highest BCUT2D eigenvalue weighted by molar-refractivity contribution is 9.09. The van der Waals surface area contributed by atoms with Crippen molar-refractivity contribution in [2.45, 2.75) is 38.7 Å². The molecule has 1 rings (SSSR count). The van der Waals surface area contributed by atoms with Gasteiger partial charge in [0.15, 0.2) is 0 Å². The lowest BCUT2D eigenvalue weighted by atomic mass is 10.0. The van der Waals surface area contributed by atoms with Gasteiger partial charge in [0.05, 0.1) is 5.60 Å². The van der Waals surface area contributed by atoms with Gasteiger partial charge in [-0.1, -0.05) is 15.9 Å². The van der Waals surface area contributed by atoms with E-state index in [-0.39, 0.29) is 5.60 Å². The summed E-state index contributed by atoms with van der Waals surface area (Å²) < 4.78 is 5.44. The van der Waals surface area contributed by atoms with Crippen molar-refractivity contribution in [1.82, 2.24) is 4.90 Å². The topological polar surface area (TPSA) is 12.5 Å². The van der Waals surface area contributed by atoms with Crippen LogP contribution in [0.3, 0.4) is 0 Å². The van der Waals surface area contributed by atoms with Crippen LogP contribution in [0.25, 0.3) is 0 Å². The Labute approximate surface area is 102 Å². The molecule has 1 unspecified atom stereocenters. The zero-order valence-corrected chi connectivity index (χ0v) is 11.8. The molecule has 0 amide bonds. The number of likely N-dealkylation sites (tertiary alicyclic amines) is 1. The van der Waals surface area contributed by atoms with Gasteiger partial charge in [0.1, 0.15) is 0 Å². The fourth-order valence-corrected chi connectivity index (χ4v) is 2.68. The van der Waals surface area contributed by atoms with Gasteiger partial charge in [0.2, 0.25) is 0 Å². The molecule has 1 heterocycles. The first kappa shape index (κ1) is 13.5. The van der Waals surface area contributed by atoms with E-state index in [4.69, 9.17) is 4.74 Å². The summed E-state index contributed by atoms with van der Waals surface area (Å²) in [5, 5.41) is 1.15. The van der Waals surface area contributed by atoms with Crippen molar-refractivity contribution in [1.29, 1.82) is 0 Å². The van der Waals surface area contributed by atoms with Crippen LogP contribution in [0, 0.1) is 5.92 Å². The number of halogens is 1. The van der Waals surface area contributed by atoms with E-state index >= 15 is 0 Å². The largest absolute Gasteiger partial charge is 0.379 e. The lowest BCUT2D eigenvalue weighted by molar-refractivity contribution is 0.00877. The minimum Gasteiger partial charge on any atom is -0.379 e. The van der Waals surface area contributed by atoms with Crippen LogP contribution in [0.1, 0.15) is 33.1 Å². The number of alkyl halides is 1. The van der Waals surface area contributed by atoms with Crippen LogP contribution in [0.4, 0.5) is 0 Å². The highest BCUT2D eigenvalue weighted by atomic mass is 79.9. The molecule has 3 heteroatoms. The number of methoxy groups -OCH3 is 1. The monoisotopic (exact) mass is 277 g/mol. The third-order valence-corrected chi connectivity index (χ3v) is 3.93. The molecular weight excluding hydrogens is 254 g/mol. The Bertz CT molecular complexity index is 184. The lowest BCUT2D eigenvalue weighted by Gasteiger charge is -2.26. The minimum absolute atomic E-state index is 0.0352. The maximum absolute atomic E-state index is 5.44. The second kappa shape index (κ2) is 6.21. The predicted molar refractivity (Wildman–Crippen MR) is 68.7 cm³/mol. The molecule has 1 aliphatic rings. The van der Waals surface area contributed by atoms with E-state index in [1.54, 1.807) is 7.11 Å². The van der Waals surface area contributed by atoms with Crippen LogP contribution >= 0.6 is 15.9 Å². The summed E-state index contributed by atoms with van der Waals surface area (Å²) >= 11 is 3.52. The predicted octanol–water partition coefficient (Wildman–Crippen LogP) is 2.91. The second-order valence-corrected chi connectivity index (χ2v) is 5.94. The van der Waals surface area contributed by atoms with E-state index in [1.807, 2.05) is 0 Å². The van der Waals surface area contributed by atoms with Crippen LogP contribution in [-0.2, 0) is 4.74 Å². The minimum atomic E-state index is 0.0352. The molecule has 1 saturated heterocycles. The van der Waals surface area contributed by atoms with E-state index in [0.717, 1.165) is 17.7 Å². The molecule has 0 radical (unpaired) electrons. The Hall–Kier alpha value is 0.400. The molecule has 0 aliphatic carbocycles. The first-order valence-corrected chi connectivity index (χ1v) is 7.03. The molecule has 0 aromatic rings. The van der Waals surface area contributed by atoms with E-state index in [9.17, 15) is 0 Å². The molecule has 0 bridgehead atoms. The summed E-state index contributed by atoms with van der Waals surface area (Å²) in [4.78, 5) is 2.58. The van der Waals surface area contributed by atoms with Gasteiger partial charge in [-0.25, -0.2) is 0 Å². The zero-order valence-electron chi connectivity index (χ0n) is 10.3. The normalized spacial score (nSPS) is 23.6. The second-order valence-electron chi connectivity index (χ2n) is 5.15. The Morgan fingerprint density at radius 1 is 1.47 bits per heavy atom. The van der Waals surface area contributed by atoms with Gasteiger partial charge in [-0.05, 0) is 45.6 Å². The molecule has 0 aromatic heterocycles. The third kappa shape index (κ3) is 4.83. The van der Waals surface area contributed by atoms with Gasteiger partial charge in [-0.2, -0.15) is 0 Å². The Kier molecular flexibility index (Phi) is 5.58. The SMILES string of the molecule is COC(C)(C)CCN1CCC(CCBr)C1. The van der Waals surface area contributed by atoms with Gasteiger partial charge < -0.3 is 9.64 Å². The van der Waals surface area contributed by atoms with Gasteiger partial charge in [0, 0.05) is 25.5 Å². The molecule has 1 atom stereocenters. The average Bonchev–Trinajstić information content (AvgIpc) is 2.64. The number of hydrogen-bond acceptors (Lipinski definition) is 2. The Morgan fingerprint density at radius 2 is 2.20 bits per heavy atom. The molecule has 1 aliphatic heterocycles. The molecule has 0 aromatic carbocycles. The number of ether oxygens (including phenoxy) is 1. The highest BCUT2D eigenvalue weighted by Crippen LogP contribution is 2.22. The van der Waals surface area contributed by atoms with Crippen LogP contribution in [0.15, 0.2) is 0 Å². The summed E-state index contributed by atoms with van der Waals surface area (Å²) in [5.41, 5.74) is 0.0352. The molecule has 0 N–H and O–H groups in total. The van der Waals surface area contributed by atoms with Crippen molar-refractivity contribution in [2.24, 2.45) is 5.92 Å². The summed E-state index contributed by atoms with van der Waals surface area (Å²) in [6.07, 6.45) is 3.83. The van der Waals surface area contributed by atoms with Crippen LogP contribution in [0.5, 0.6) is 0 Å². The van der Waals surface area contributed by atoms with Crippen molar-refractivity contribution in [3.63, 3.8) is 0 Å². The summed E-state index contributed by atoms with van der Waals surface area (Å²) in [6, 6.07) is 0. The zero-order chi connectivity index (χ0) is 11.3. The lowest BCUT2D eigenvalue weighted by Crippen LogP contribution is -2.31. The maximum Gasteiger partial charge on any atom is 0.0634 e. The van der Waals surface area contributed by atoms with E-state index in [0.29, 0.717) is 0 Å².